The van der Waals surface area contributed by atoms with E-state index in [1.54, 1.807) is 0 Å². The first kappa shape index (κ1) is 14.0. The van der Waals surface area contributed by atoms with Gasteiger partial charge in [-0.2, -0.15) is 13.2 Å². The first-order chi connectivity index (χ1) is 8.40. The Labute approximate surface area is 103 Å². The molecule has 0 bridgehead atoms. The molecule has 1 N–H and O–H groups in total. The topological polar surface area (TPSA) is 47.9 Å². The molecule has 0 aromatic rings. The van der Waals surface area contributed by atoms with Crippen molar-refractivity contribution in [2.45, 2.75) is 49.9 Å². The summed E-state index contributed by atoms with van der Waals surface area (Å²) in [5.41, 5.74) is 0. The molecular weight excluding hydrogens is 253 g/mol. The van der Waals surface area contributed by atoms with Crippen molar-refractivity contribution in [2.75, 3.05) is 19.8 Å². The summed E-state index contributed by atoms with van der Waals surface area (Å²) < 4.78 is 52.1. The summed E-state index contributed by atoms with van der Waals surface area (Å²) in [6, 6.07) is 0. The van der Waals surface area contributed by atoms with E-state index in [9.17, 15) is 18.3 Å². The van der Waals surface area contributed by atoms with Gasteiger partial charge in [-0.05, 0) is 6.42 Å². The molecule has 2 atom stereocenters. The third-order valence-corrected chi connectivity index (χ3v) is 3.29. The van der Waals surface area contributed by atoms with Crippen molar-refractivity contribution >= 4 is 0 Å². The molecule has 2 unspecified atom stereocenters. The van der Waals surface area contributed by atoms with Gasteiger partial charge in [0.15, 0.2) is 5.79 Å². The summed E-state index contributed by atoms with van der Waals surface area (Å²) in [6.07, 6.45) is -5.41. The minimum atomic E-state index is -4.24. The van der Waals surface area contributed by atoms with Crippen LogP contribution in [0.3, 0.4) is 0 Å². The molecule has 0 amide bonds. The van der Waals surface area contributed by atoms with E-state index >= 15 is 0 Å². The Balaban J connectivity index is 1.82. The number of aliphatic hydroxyl groups is 1. The average molecular weight is 270 g/mol. The summed E-state index contributed by atoms with van der Waals surface area (Å²) in [4.78, 5) is 0. The fraction of sp³-hybridized carbons (Fsp3) is 1.00. The predicted octanol–water partition coefficient (Wildman–Crippen LogP) is 1.61. The van der Waals surface area contributed by atoms with Crippen molar-refractivity contribution in [3.05, 3.63) is 0 Å². The van der Waals surface area contributed by atoms with E-state index in [4.69, 9.17) is 14.2 Å². The molecule has 0 radical (unpaired) electrons. The van der Waals surface area contributed by atoms with Gasteiger partial charge in [0.05, 0.1) is 38.4 Å². The lowest BCUT2D eigenvalue weighted by molar-refractivity contribution is -0.226. The second kappa shape index (κ2) is 5.32. The monoisotopic (exact) mass is 270 g/mol. The summed E-state index contributed by atoms with van der Waals surface area (Å²) in [6.45, 7) is 0.512. The van der Waals surface area contributed by atoms with E-state index in [1.807, 2.05) is 0 Å². The molecule has 0 aromatic heterocycles. The van der Waals surface area contributed by atoms with Crippen molar-refractivity contribution in [3.63, 3.8) is 0 Å². The lowest BCUT2D eigenvalue weighted by atomic mass is 9.89. The second-order valence-corrected chi connectivity index (χ2v) is 4.69. The van der Waals surface area contributed by atoms with Crippen molar-refractivity contribution in [1.29, 1.82) is 0 Å². The van der Waals surface area contributed by atoms with Crippen LogP contribution in [0.15, 0.2) is 0 Å². The summed E-state index contributed by atoms with van der Waals surface area (Å²) in [5, 5.41) is 9.72. The Morgan fingerprint density at radius 2 is 1.94 bits per heavy atom. The van der Waals surface area contributed by atoms with Crippen LogP contribution in [0.25, 0.3) is 0 Å². The molecule has 0 aromatic carbocycles. The van der Waals surface area contributed by atoms with Crippen LogP contribution in [0.4, 0.5) is 13.2 Å². The standard InChI is InChI=1S/C11H17F3O4/c12-11(13,14)3-4-16-9-7-10(2-1-8(9)15)17-5-6-18-10/h8-9,15H,1-7H2. The molecule has 1 spiro atoms. The van der Waals surface area contributed by atoms with Gasteiger partial charge >= 0.3 is 6.18 Å². The highest BCUT2D eigenvalue weighted by atomic mass is 19.4. The predicted molar refractivity (Wildman–Crippen MR) is 54.9 cm³/mol. The van der Waals surface area contributed by atoms with Gasteiger partial charge < -0.3 is 19.3 Å². The van der Waals surface area contributed by atoms with Crippen LogP contribution in [0, 0.1) is 0 Å². The van der Waals surface area contributed by atoms with E-state index in [0.29, 0.717) is 26.1 Å². The minimum Gasteiger partial charge on any atom is -0.390 e. The van der Waals surface area contributed by atoms with Gasteiger partial charge in [-0.1, -0.05) is 0 Å². The maximum absolute atomic E-state index is 12.0. The summed E-state index contributed by atoms with van der Waals surface area (Å²) in [7, 11) is 0. The van der Waals surface area contributed by atoms with E-state index in [0.717, 1.165) is 0 Å². The van der Waals surface area contributed by atoms with Crippen molar-refractivity contribution in [3.8, 4) is 0 Å². The summed E-state index contributed by atoms with van der Waals surface area (Å²) in [5.74, 6) is -0.762. The van der Waals surface area contributed by atoms with Gasteiger partial charge in [0.1, 0.15) is 0 Å². The SMILES string of the molecule is OC1CCC2(CC1OCCC(F)(F)F)OCCO2. The number of ether oxygens (including phenoxy) is 3. The third kappa shape index (κ3) is 3.57. The number of alkyl halides is 3. The van der Waals surface area contributed by atoms with E-state index in [1.165, 1.54) is 0 Å². The molecule has 2 fully saturated rings. The van der Waals surface area contributed by atoms with Crippen LogP contribution in [-0.4, -0.2) is 49.1 Å². The van der Waals surface area contributed by atoms with Gasteiger partial charge in [0.2, 0.25) is 0 Å². The Bertz CT molecular complexity index is 276. The maximum atomic E-state index is 12.0. The fourth-order valence-electron chi connectivity index (χ4n) is 2.35. The van der Waals surface area contributed by atoms with Gasteiger partial charge in [-0.15, -0.1) is 0 Å². The number of aliphatic hydroxyl groups excluding tert-OH is 1. The lowest BCUT2D eigenvalue weighted by Crippen LogP contribution is -2.46. The molecule has 2 rings (SSSR count). The van der Waals surface area contributed by atoms with Gasteiger partial charge in [-0.3, -0.25) is 0 Å². The van der Waals surface area contributed by atoms with Gasteiger partial charge in [-0.25, -0.2) is 0 Å². The zero-order valence-electron chi connectivity index (χ0n) is 9.91. The fourth-order valence-corrected chi connectivity index (χ4v) is 2.35. The highest BCUT2D eigenvalue weighted by molar-refractivity contribution is 4.88. The zero-order valence-corrected chi connectivity index (χ0v) is 9.91. The van der Waals surface area contributed by atoms with Crippen LogP contribution in [0.5, 0.6) is 0 Å². The normalized spacial score (nSPS) is 32.0. The van der Waals surface area contributed by atoms with Crippen LogP contribution >= 0.6 is 0 Å². The largest absolute Gasteiger partial charge is 0.391 e. The third-order valence-electron chi connectivity index (χ3n) is 3.29. The molecule has 2 aliphatic rings. The molecule has 106 valence electrons. The number of hydrogen-bond donors (Lipinski definition) is 1. The summed E-state index contributed by atoms with van der Waals surface area (Å²) >= 11 is 0. The van der Waals surface area contributed by atoms with Crippen molar-refractivity contribution in [1.82, 2.24) is 0 Å². The van der Waals surface area contributed by atoms with Gasteiger partial charge in [0, 0.05) is 12.8 Å². The van der Waals surface area contributed by atoms with E-state index in [-0.39, 0.29) is 6.42 Å². The number of hydrogen-bond acceptors (Lipinski definition) is 4. The Kier molecular flexibility index (Phi) is 4.15. The molecular formula is C11H17F3O4. The van der Waals surface area contributed by atoms with E-state index < -0.39 is 37.2 Å². The Morgan fingerprint density at radius 3 is 2.56 bits per heavy atom. The highest BCUT2D eigenvalue weighted by Crippen LogP contribution is 2.37. The van der Waals surface area contributed by atoms with E-state index in [2.05, 4.69) is 0 Å². The molecule has 1 saturated heterocycles. The van der Waals surface area contributed by atoms with Crippen LogP contribution in [0.2, 0.25) is 0 Å². The minimum absolute atomic E-state index is 0.284. The second-order valence-electron chi connectivity index (χ2n) is 4.69. The van der Waals surface area contributed by atoms with Crippen LogP contribution in [-0.2, 0) is 14.2 Å². The smallest absolute Gasteiger partial charge is 0.390 e. The number of halogens is 3. The Hall–Kier alpha value is -0.370. The Morgan fingerprint density at radius 1 is 1.28 bits per heavy atom. The first-order valence-corrected chi connectivity index (χ1v) is 6.05. The molecule has 18 heavy (non-hydrogen) atoms. The average Bonchev–Trinajstić information content (AvgIpc) is 2.71. The quantitative estimate of drug-likeness (QED) is 0.846. The van der Waals surface area contributed by atoms with Crippen molar-refractivity contribution < 1.29 is 32.5 Å². The number of rotatable bonds is 3. The highest BCUT2D eigenvalue weighted by Gasteiger charge is 2.45. The zero-order chi connectivity index (χ0) is 13.2. The molecule has 1 aliphatic carbocycles. The maximum Gasteiger partial charge on any atom is 0.391 e. The molecule has 7 heteroatoms. The molecule has 1 aliphatic heterocycles. The van der Waals surface area contributed by atoms with Crippen molar-refractivity contribution in [2.24, 2.45) is 0 Å². The first-order valence-electron chi connectivity index (χ1n) is 6.05. The lowest BCUT2D eigenvalue weighted by Gasteiger charge is -2.38. The molecule has 1 saturated carbocycles. The van der Waals surface area contributed by atoms with Crippen LogP contribution in [0.1, 0.15) is 25.7 Å². The van der Waals surface area contributed by atoms with Gasteiger partial charge in [0.25, 0.3) is 0 Å². The molecule has 4 nitrogen and oxygen atoms in total. The van der Waals surface area contributed by atoms with Crippen LogP contribution < -0.4 is 0 Å². The molecule has 1 heterocycles.